The van der Waals surface area contributed by atoms with Gasteiger partial charge >= 0.3 is 0 Å². The molecule has 154 valence electrons. The van der Waals surface area contributed by atoms with Gasteiger partial charge in [-0.25, -0.2) is 8.42 Å². The lowest BCUT2D eigenvalue weighted by Crippen LogP contribution is -2.15. The fourth-order valence-corrected chi connectivity index (χ4v) is 3.99. The molecule has 6 nitrogen and oxygen atoms in total. The Balaban J connectivity index is 1.78. The van der Waals surface area contributed by atoms with Crippen molar-refractivity contribution in [2.75, 3.05) is 10.0 Å². The van der Waals surface area contributed by atoms with E-state index in [4.69, 9.17) is 0 Å². The summed E-state index contributed by atoms with van der Waals surface area (Å²) in [7, 11) is -3.73. The number of Topliss-reactive ketones (excluding diaryl/α,β-unsaturated/α-hetero) is 1. The molecule has 0 heterocycles. The molecule has 2 N–H and O–H groups in total. The summed E-state index contributed by atoms with van der Waals surface area (Å²) in [5, 5.41) is 2.75. The molecule has 0 radical (unpaired) electrons. The second kappa shape index (κ2) is 8.51. The van der Waals surface area contributed by atoms with Gasteiger partial charge in [0.2, 0.25) is 0 Å². The molecule has 0 spiro atoms. The summed E-state index contributed by atoms with van der Waals surface area (Å²) in [5.41, 5.74) is 3.36. The number of carbonyl (C=O) groups excluding carboxylic acids is 2. The minimum absolute atomic E-state index is 0.0906. The number of carbonyl (C=O) groups is 2. The van der Waals surface area contributed by atoms with Crippen molar-refractivity contribution in [3.63, 3.8) is 0 Å². The van der Waals surface area contributed by atoms with Crippen LogP contribution in [0.1, 0.15) is 38.8 Å². The zero-order valence-corrected chi connectivity index (χ0v) is 17.7. The van der Waals surface area contributed by atoms with Crippen LogP contribution in [0.25, 0.3) is 0 Å². The molecule has 30 heavy (non-hydrogen) atoms. The molecular weight excluding hydrogens is 400 g/mol. The molecular formula is C23H22N2O4S. The monoisotopic (exact) mass is 422 g/mol. The van der Waals surface area contributed by atoms with Crippen LogP contribution in [0.15, 0.2) is 71.6 Å². The fourth-order valence-electron chi connectivity index (χ4n) is 2.86. The molecule has 0 aliphatic carbocycles. The summed E-state index contributed by atoms with van der Waals surface area (Å²) in [6, 6.07) is 17.9. The van der Waals surface area contributed by atoms with Crippen molar-refractivity contribution in [1.29, 1.82) is 0 Å². The van der Waals surface area contributed by atoms with Crippen LogP contribution in [-0.2, 0) is 10.0 Å². The van der Waals surface area contributed by atoms with Crippen molar-refractivity contribution in [1.82, 2.24) is 0 Å². The van der Waals surface area contributed by atoms with Gasteiger partial charge in [0.15, 0.2) is 5.78 Å². The van der Waals surface area contributed by atoms with Crippen molar-refractivity contribution in [2.24, 2.45) is 0 Å². The standard InChI is InChI=1S/C23H22N2O4S/c1-15-7-10-21(11-8-15)30(28,29)25-22-12-9-19(13-16(22)2)23(27)24-20-6-4-5-18(14-20)17(3)26/h4-14,25H,1-3H3,(H,24,27). The summed E-state index contributed by atoms with van der Waals surface area (Å²) in [6.45, 7) is 5.06. The zero-order valence-electron chi connectivity index (χ0n) is 16.9. The van der Waals surface area contributed by atoms with Crippen molar-refractivity contribution in [2.45, 2.75) is 25.7 Å². The Kier molecular flexibility index (Phi) is 6.03. The Hall–Kier alpha value is -3.45. The first-order chi connectivity index (χ1) is 14.2. The van der Waals surface area contributed by atoms with E-state index in [1.54, 1.807) is 73.7 Å². The first-order valence-electron chi connectivity index (χ1n) is 9.28. The summed E-state index contributed by atoms with van der Waals surface area (Å²) < 4.78 is 27.7. The van der Waals surface area contributed by atoms with Gasteiger partial charge in [-0.15, -0.1) is 0 Å². The van der Waals surface area contributed by atoms with E-state index in [9.17, 15) is 18.0 Å². The van der Waals surface area contributed by atoms with Crippen LogP contribution in [0.3, 0.4) is 0 Å². The van der Waals surface area contributed by atoms with Gasteiger partial charge in [-0.05, 0) is 68.8 Å². The molecule has 0 saturated carbocycles. The molecule has 1 amide bonds. The number of sulfonamides is 1. The second-order valence-corrected chi connectivity index (χ2v) is 8.72. The van der Waals surface area contributed by atoms with Crippen LogP contribution in [0, 0.1) is 13.8 Å². The number of anilines is 2. The largest absolute Gasteiger partial charge is 0.322 e. The maximum absolute atomic E-state index is 12.6. The second-order valence-electron chi connectivity index (χ2n) is 7.04. The summed E-state index contributed by atoms with van der Waals surface area (Å²) in [6.07, 6.45) is 0. The first-order valence-corrected chi connectivity index (χ1v) is 10.8. The highest BCUT2D eigenvalue weighted by atomic mass is 32.2. The van der Waals surface area contributed by atoms with E-state index in [2.05, 4.69) is 10.0 Å². The Morgan fingerprint density at radius 2 is 1.53 bits per heavy atom. The molecule has 0 saturated heterocycles. The summed E-state index contributed by atoms with van der Waals surface area (Å²) >= 11 is 0. The topological polar surface area (TPSA) is 92.3 Å². The quantitative estimate of drug-likeness (QED) is 0.570. The number of nitrogens with one attached hydrogen (secondary N) is 2. The van der Waals surface area contributed by atoms with E-state index in [1.807, 2.05) is 6.92 Å². The predicted octanol–water partition coefficient (Wildman–Crippen LogP) is 4.56. The van der Waals surface area contributed by atoms with E-state index in [0.717, 1.165) is 5.56 Å². The lowest BCUT2D eigenvalue weighted by molar-refractivity contribution is 0.101. The number of amides is 1. The normalized spacial score (nSPS) is 11.0. The van der Waals surface area contributed by atoms with Gasteiger partial charge in [-0.3, -0.25) is 14.3 Å². The van der Waals surface area contributed by atoms with Crippen molar-refractivity contribution in [3.05, 3.63) is 89.0 Å². The van der Waals surface area contributed by atoms with E-state index >= 15 is 0 Å². The number of ketones is 1. The lowest BCUT2D eigenvalue weighted by Gasteiger charge is -2.12. The van der Waals surface area contributed by atoms with Gasteiger partial charge in [0, 0.05) is 16.8 Å². The van der Waals surface area contributed by atoms with Gasteiger partial charge < -0.3 is 5.32 Å². The fraction of sp³-hybridized carbons (Fsp3) is 0.130. The summed E-state index contributed by atoms with van der Waals surface area (Å²) in [5.74, 6) is -0.445. The number of benzene rings is 3. The highest BCUT2D eigenvalue weighted by molar-refractivity contribution is 7.92. The van der Waals surface area contributed by atoms with Crippen molar-refractivity contribution < 1.29 is 18.0 Å². The predicted molar refractivity (Wildman–Crippen MR) is 118 cm³/mol. The van der Waals surface area contributed by atoms with Gasteiger partial charge in [-0.1, -0.05) is 29.8 Å². The third kappa shape index (κ3) is 4.93. The summed E-state index contributed by atoms with van der Waals surface area (Å²) in [4.78, 5) is 24.2. The minimum atomic E-state index is -3.73. The average Bonchev–Trinajstić information content (AvgIpc) is 2.70. The minimum Gasteiger partial charge on any atom is -0.322 e. The average molecular weight is 423 g/mol. The zero-order chi connectivity index (χ0) is 21.9. The molecule has 0 atom stereocenters. The third-order valence-corrected chi connectivity index (χ3v) is 5.97. The SMILES string of the molecule is CC(=O)c1cccc(NC(=O)c2ccc(NS(=O)(=O)c3ccc(C)cc3)c(C)c2)c1. The highest BCUT2D eigenvalue weighted by Gasteiger charge is 2.16. The van der Waals surface area contributed by atoms with Crippen molar-refractivity contribution >= 4 is 33.1 Å². The van der Waals surface area contributed by atoms with Gasteiger partial charge in [0.25, 0.3) is 15.9 Å². The first kappa shape index (κ1) is 21.3. The van der Waals surface area contributed by atoms with E-state index in [1.165, 1.54) is 6.92 Å². The Labute approximate surface area is 176 Å². The molecule has 3 aromatic rings. The molecule has 0 fully saturated rings. The molecule has 0 aromatic heterocycles. The Bertz CT molecular complexity index is 1220. The van der Waals surface area contributed by atoms with E-state index in [-0.39, 0.29) is 16.6 Å². The third-order valence-electron chi connectivity index (χ3n) is 4.59. The van der Waals surface area contributed by atoms with Crippen LogP contribution in [-0.4, -0.2) is 20.1 Å². The van der Waals surface area contributed by atoms with Gasteiger partial charge in [0.1, 0.15) is 0 Å². The van der Waals surface area contributed by atoms with Crippen LogP contribution in [0.4, 0.5) is 11.4 Å². The van der Waals surface area contributed by atoms with Crippen molar-refractivity contribution in [3.8, 4) is 0 Å². The van der Waals surface area contributed by atoms with Crippen LogP contribution in [0.5, 0.6) is 0 Å². The highest BCUT2D eigenvalue weighted by Crippen LogP contribution is 2.22. The molecule has 3 aromatic carbocycles. The van der Waals surface area contributed by atoms with Crippen LogP contribution >= 0.6 is 0 Å². The molecule has 3 rings (SSSR count). The number of hydrogen-bond acceptors (Lipinski definition) is 4. The number of hydrogen-bond donors (Lipinski definition) is 2. The van der Waals surface area contributed by atoms with E-state index < -0.39 is 10.0 Å². The maximum Gasteiger partial charge on any atom is 0.261 e. The molecule has 0 bridgehead atoms. The smallest absolute Gasteiger partial charge is 0.261 e. The Morgan fingerprint density at radius 1 is 0.833 bits per heavy atom. The number of aryl methyl sites for hydroxylation is 2. The van der Waals surface area contributed by atoms with Gasteiger partial charge in [0.05, 0.1) is 10.6 Å². The maximum atomic E-state index is 12.6. The van der Waals surface area contributed by atoms with Crippen LogP contribution < -0.4 is 10.0 Å². The van der Waals surface area contributed by atoms with E-state index in [0.29, 0.717) is 28.1 Å². The van der Waals surface area contributed by atoms with Gasteiger partial charge in [-0.2, -0.15) is 0 Å². The molecule has 7 heteroatoms. The molecule has 0 aliphatic heterocycles. The lowest BCUT2D eigenvalue weighted by atomic mass is 10.1. The van der Waals surface area contributed by atoms with Crippen LogP contribution in [0.2, 0.25) is 0 Å². The number of rotatable bonds is 6. The molecule has 0 aliphatic rings. The Morgan fingerprint density at radius 3 is 2.17 bits per heavy atom. The molecule has 0 unspecified atom stereocenters.